The first-order valence-corrected chi connectivity index (χ1v) is 6.50. The summed E-state index contributed by atoms with van der Waals surface area (Å²) >= 11 is 0. The van der Waals surface area contributed by atoms with Gasteiger partial charge in [-0.25, -0.2) is 0 Å². The lowest BCUT2D eigenvalue weighted by molar-refractivity contribution is 0.0729. The number of hydrogen-bond donors (Lipinski definition) is 0. The Bertz CT molecular complexity index is 498. The van der Waals surface area contributed by atoms with Crippen molar-refractivity contribution in [1.82, 2.24) is 0 Å². The first-order chi connectivity index (χ1) is 8.21. The van der Waals surface area contributed by atoms with Gasteiger partial charge in [0.1, 0.15) is 0 Å². The smallest absolute Gasteiger partial charge is 0.169 e. The average molecular weight is 226 g/mol. The number of ketones is 1. The molecule has 1 unspecified atom stereocenters. The van der Waals surface area contributed by atoms with Crippen LogP contribution in [0, 0.1) is 5.41 Å². The highest BCUT2D eigenvalue weighted by Gasteiger charge is 2.42. The summed E-state index contributed by atoms with van der Waals surface area (Å²) in [5.41, 5.74) is 3.54. The Labute approximate surface area is 103 Å². The largest absolute Gasteiger partial charge is 0.294 e. The molecule has 0 saturated heterocycles. The van der Waals surface area contributed by atoms with Crippen molar-refractivity contribution < 1.29 is 4.79 Å². The molecule has 0 aromatic heterocycles. The summed E-state index contributed by atoms with van der Waals surface area (Å²) in [5.74, 6) is 0.395. The molecule has 1 aromatic carbocycles. The van der Waals surface area contributed by atoms with Gasteiger partial charge in [-0.15, -0.1) is 0 Å². The van der Waals surface area contributed by atoms with Gasteiger partial charge in [-0.05, 0) is 44.6 Å². The second-order valence-electron chi connectivity index (χ2n) is 5.53. The fourth-order valence-corrected chi connectivity index (χ4v) is 3.43. The number of fused-ring (bicyclic) bond motifs is 1. The monoisotopic (exact) mass is 226 g/mol. The predicted octanol–water partition coefficient (Wildman–Crippen LogP) is 3.93. The molecule has 88 valence electrons. The maximum Gasteiger partial charge on any atom is 0.169 e. The number of Topliss-reactive ketones (excluding diaryl/α,β-unsaturated/α-hetero) is 1. The summed E-state index contributed by atoms with van der Waals surface area (Å²) in [6, 6.07) is 8.13. The maximum atomic E-state index is 12.7. The SMILES string of the molecule is CC1=CCCC2(CCc3ccccc3C2=O)C1. The van der Waals surface area contributed by atoms with Crippen LogP contribution in [-0.4, -0.2) is 5.78 Å². The third kappa shape index (κ3) is 1.65. The number of rotatable bonds is 0. The van der Waals surface area contributed by atoms with E-state index < -0.39 is 0 Å². The fraction of sp³-hybridized carbons (Fsp3) is 0.438. The Morgan fingerprint density at radius 2 is 2.00 bits per heavy atom. The molecule has 1 atom stereocenters. The zero-order chi connectivity index (χ0) is 11.9. The fourth-order valence-electron chi connectivity index (χ4n) is 3.43. The lowest BCUT2D eigenvalue weighted by Crippen LogP contribution is -2.37. The van der Waals surface area contributed by atoms with Crippen molar-refractivity contribution in [3.63, 3.8) is 0 Å². The molecule has 2 aliphatic carbocycles. The lowest BCUT2D eigenvalue weighted by atomic mass is 9.63. The van der Waals surface area contributed by atoms with E-state index in [-0.39, 0.29) is 5.41 Å². The number of allylic oxidation sites excluding steroid dienone is 2. The molecule has 1 heteroatoms. The van der Waals surface area contributed by atoms with Gasteiger partial charge in [-0.3, -0.25) is 4.79 Å². The second kappa shape index (κ2) is 3.83. The third-order valence-corrected chi connectivity index (χ3v) is 4.35. The maximum absolute atomic E-state index is 12.7. The molecule has 0 radical (unpaired) electrons. The van der Waals surface area contributed by atoms with Gasteiger partial charge < -0.3 is 0 Å². The Hall–Kier alpha value is -1.37. The van der Waals surface area contributed by atoms with Crippen LogP contribution >= 0.6 is 0 Å². The van der Waals surface area contributed by atoms with Crippen LogP contribution in [0.25, 0.3) is 0 Å². The normalized spacial score (nSPS) is 27.8. The van der Waals surface area contributed by atoms with Crippen molar-refractivity contribution in [3.05, 3.63) is 47.0 Å². The van der Waals surface area contributed by atoms with Crippen LogP contribution in [0.4, 0.5) is 0 Å². The van der Waals surface area contributed by atoms with Crippen LogP contribution in [0.5, 0.6) is 0 Å². The van der Waals surface area contributed by atoms with Gasteiger partial charge in [0.15, 0.2) is 5.78 Å². The molecule has 3 rings (SSSR count). The van der Waals surface area contributed by atoms with Gasteiger partial charge in [0.05, 0.1) is 0 Å². The Balaban J connectivity index is 2.02. The molecule has 1 spiro atoms. The summed E-state index contributed by atoms with van der Waals surface area (Å²) in [6.07, 6.45) is 7.47. The number of carbonyl (C=O) groups is 1. The van der Waals surface area contributed by atoms with Crippen LogP contribution in [0.15, 0.2) is 35.9 Å². The molecule has 2 aliphatic rings. The van der Waals surface area contributed by atoms with Crippen LogP contribution < -0.4 is 0 Å². The first-order valence-electron chi connectivity index (χ1n) is 6.50. The van der Waals surface area contributed by atoms with E-state index in [0.717, 1.165) is 37.7 Å². The van der Waals surface area contributed by atoms with Crippen LogP contribution in [0.2, 0.25) is 0 Å². The first kappa shape index (κ1) is 10.8. The number of benzene rings is 1. The van der Waals surface area contributed by atoms with Crippen molar-refractivity contribution >= 4 is 5.78 Å². The molecule has 0 amide bonds. The molecule has 0 bridgehead atoms. The Kier molecular flexibility index (Phi) is 2.43. The van der Waals surface area contributed by atoms with Gasteiger partial charge in [0, 0.05) is 11.0 Å². The van der Waals surface area contributed by atoms with E-state index in [2.05, 4.69) is 19.1 Å². The van der Waals surface area contributed by atoms with Crippen molar-refractivity contribution in [1.29, 1.82) is 0 Å². The van der Waals surface area contributed by atoms with E-state index in [1.807, 2.05) is 18.2 Å². The molecule has 0 N–H and O–H groups in total. The van der Waals surface area contributed by atoms with Crippen molar-refractivity contribution in [2.75, 3.05) is 0 Å². The average Bonchev–Trinajstić information content (AvgIpc) is 2.35. The van der Waals surface area contributed by atoms with Crippen molar-refractivity contribution in [2.45, 2.75) is 39.0 Å². The molecule has 0 saturated carbocycles. The quantitative estimate of drug-likeness (QED) is 0.612. The van der Waals surface area contributed by atoms with E-state index in [0.29, 0.717) is 5.78 Å². The Morgan fingerprint density at radius 3 is 2.82 bits per heavy atom. The minimum absolute atomic E-state index is 0.0762. The standard InChI is InChI=1S/C16H18O/c1-12-5-4-9-16(11-12)10-8-13-6-2-3-7-14(13)15(16)17/h2-3,5-7H,4,8-11H2,1H3. The van der Waals surface area contributed by atoms with E-state index in [9.17, 15) is 4.79 Å². The molecular formula is C16H18O. The van der Waals surface area contributed by atoms with E-state index in [4.69, 9.17) is 0 Å². The summed E-state index contributed by atoms with van der Waals surface area (Å²) in [5, 5.41) is 0. The third-order valence-electron chi connectivity index (χ3n) is 4.35. The number of aryl methyl sites for hydroxylation is 1. The summed E-state index contributed by atoms with van der Waals surface area (Å²) in [4.78, 5) is 12.7. The zero-order valence-electron chi connectivity index (χ0n) is 10.3. The molecule has 0 aliphatic heterocycles. The second-order valence-corrected chi connectivity index (χ2v) is 5.53. The molecule has 1 aromatic rings. The molecular weight excluding hydrogens is 208 g/mol. The van der Waals surface area contributed by atoms with Gasteiger partial charge >= 0.3 is 0 Å². The molecule has 0 heterocycles. The van der Waals surface area contributed by atoms with Gasteiger partial charge in [-0.1, -0.05) is 35.9 Å². The summed E-state index contributed by atoms with van der Waals surface area (Å²) in [6.45, 7) is 2.16. The van der Waals surface area contributed by atoms with E-state index in [1.54, 1.807) is 0 Å². The molecule has 17 heavy (non-hydrogen) atoms. The van der Waals surface area contributed by atoms with Gasteiger partial charge in [0.2, 0.25) is 0 Å². The van der Waals surface area contributed by atoms with Crippen molar-refractivity contribution in [3.8, 4) is 0 Å². The minimum Gasteiger partial charge on any atom is -0.294 e. The highest BCUT2D eigenvalue weighted by Crippen LogP contribution is 2.46. The highest BCUT2D eigenvalue weighted by molar-refractivity contribution is 6.03. The van der Waals surface area contributed by atoms with Crippen LogP contribution in [0.3, 0.4) is 0 Å². The van der Waals surface area contributed by atoms with Crippen LogP contribution in [0.1, 0.15) is 48.5 Å². The van der Waals surface area contributed by atoms with Gasteiger partial charge in [-0.2, -0.15) is 0 Å². The summed E-state index contributed by atoms with van der Waals surface area (Å²) < 4.78 is 0. The van der Waals surface area contributed by atoms with Gasteiger partial charge in [0.25, 0.3) is 0 Å². The topological polar surface area (TPSA) is 17.1 Å². The van der Waals surface area contributed by atoms with E-state index in [1.165, 1.54) is 11.1 Å². The van der Waals surface area contributed by atoms with Crippen LogP contribution in [-0.2, 0) is 6.42 Å². The lowest BCUT2D eigenvalue weighted by Gasteiger charge is -2.39. The highest BCUT2D eigenvalue weighted by atomic mass is 16.1. The zero-order valence-corrected chi connectivity index (χ0v) is 10.3. The number of carbonyl (C=O) groups excluding carboxylic acids is 1. The summed E-state index contributed by atoms with van der Waals surface area (Å²) in [7, 11) is 0. The Morgan fingerprint density at radius 1 is 1.18 bits per heavy atom. The predicted molar refractivity (Wildman–Crippen MR) is 69.1 cm³/mol. The number of hydrogen-bond acceptors (Lipinski definition) is 1. The minimum atomic E-state index is -0.0762. The molecule has 0 fully saturated rings. The van der Waals surface area contributed by atoms with E-state index >= 15 is 0 Å². The molecule has 1 nitrogen and oxygen atoms in total. The van der Waals surface area contributed by atoms with Crippen molar-refractivity contribution in [2.24, 2.45) is 5.41 Å².